The number of rotatable bonds is 3. The molecule has 0 radical (unpaired) electrons. The van der Waals surface area contributed by atoms with Gasteiger partial charge in [0.2, 0.25) is 0 Å². The van der Waals surface area contributed by atoms with Gasteiger partial charge in [-0.15, -0.1) is 10.2 Å². The number of fused-ring (bicyclic) bond motifs is 1. The van der Waals surface area contributed by atoms with Gasteiger partial charge in [-0.25, -0.2) is 4.98 Å². The molecule has 4 rings (SSSR count). The fraction of sp³-hybridized carbons (Fsp3) is 0.278. The Kier molecular flexibility index (Phi) is 3.54. The van der Waals surface area contributed by atoms with Gasteiger partial charge in [-0.05, 0) is 36.2 Å². The molecule has 3 aromatic rings. The summed E-state index contributed by atoms with van der Waals surface area (Å²) in [4.78, 5) is 4.30. The fourth-order valence-corrected chi connectivity index (χ4v) is 3.12. The van der Waals surface area contributed by atoms with Crippen molar-refractivity contribution in [1.82, 2.24) is 19.7 Å². The largest absolute Gasteiger partial charge is 0.488 e. The van der Waals surface area contributed by atoms with Gasteiger partial charge in [0.25, 0.3) is 0 Å². The molecule has 3 heterocycles. The van der Waals surface area contributed by atoms with Gasteiger partial charge in [0, 0.05) is 38.0 Å². The maximum Gasteiger partial charge on any atom is 0.160 e. The minimum Gasteiger partial charge on any atom is -0.488 e. The molecule has 0 saturated heterocycles. The number of hydrogen-bond acceptors (Lipinski definition) is 5. The maximum atomic E-state index is 6.01. The van der Waals surface area contributed by atoms with Gasteiger partial charge in [-0.3, -0.25) is 0 Å². The van der Waals surface area contributed by atoms with E-state index >= 15 is 0 Å². The zero-order valence-electron chi connectivity index (χ0n) is 13.7. The molecule has 0 bridgehead atoms. The summed E-state index contributed by atoms with van der Waals surface area (Å²) in [5, 5.41) is 8.74. The molecule has 122 valence electrons. The van der Waals surface area contributed by atoms with Gasteiger partial charge in [0.05, 0.1) is 5.69 Å². The smallest absolute Gasteiger partial charge is 0.160 e. The first-order chi connectivity index (χ1) is 11.7. The van der Waals surface area contributed by atoms with E-state index in [4.69, 9.17) is 10.5 Å². The van der Waals surface area contributed by atoms with E-state index in [-0.39, 0.29) is 6.10 Å². The highest BCUT2D eigenvalue weighted by molar-refractivity contribution is 5.71. The molecule has 0 fully saturated rings. The second-order valence-corrected chi connectivity index (χ2v) is 6.15. The fourth-order valence-electron chi connectivity index (χ4n) is 3.12. The molecule has 6 nitrogen and oxygen atoms in total. The maximum absolute atomic E-state index is 6.01. The van der Waals surface area contributed by atoms with E-state index in [0.717, 1.165) is 34.9 Å². The van der Waals surface area contributed by atoms with Crippen molar-refractivity contribution in [3.05, 3.63) is 47.8 Å². The monoisotopic (exact) mass is 321 g/mol. The SMILES string of the molecule is Cc1cc2c(c(-c3ccc(-c4nccn4C)nn3)c1)O[C@H](CN)C2. The summed E-state index contributed by atoms with van der Waals surface area (Å²) >= 11 is 0. The van der Waals surface area contributed by atoms with Crippen LogP contribution in [0.15, 0.2) is 36.7 Å². The van der Waals surface area contributed by atoms with Crippen molar-refractivity contribution in [2.45, 2.75) is 19.4 Å². The van der Waals surface area contributed by atoms with E-state index in [2.05, 4.69) is 34.2 Å². The average molecular weight is 321 g/mol. The molecule has 1 aliphatic heterocycles. The van der Waals surface area contributed by atoms with Crippen LogP contribution in [0, 0.1) is 6.92 Å². The molecule has 2 aromatic heterocycles. The highest BCUT2D eigenvalue weighted by Gasteiger charge is 2.26. The molecular formula is C18H19N5O. The number of ether oxygens (including phenoxy) is 1. The second-order valence-electron chi connectivity index (χ2n) is 6.15. The van der Waals surface area contributed by atoms with Crippen LogP contribution in [0.3, 0.4) is 0 Å². The summed E-state index contributed by atoms with van der Waals surface area (Å²) in [7, 11) is 1.94. The van der Waals surface area contributed by atoms with E-state index in [1.807, 2.05) is 29.9 Å². The van der Waals surface area contributed by atoms with Crippen molar-refractivity contribution in [1.29, 1.82) is 0 Å². The molecular weight excluding hydrogens is 302 g/mol. The third kappa shape index (κ3) is 2.45. The van der Waals surface area contributed by atoms with Gasteiger partial charge in [-0.2, -0.15) is 0 Å². The average Bonchev–Trinajstić information content (AvgIpc) is 3.20. The topological polar surface area (TPSA) is 78.8 Å². The normalized spacial score (nSPS) is 16.0. The number of benzene rings is 1. The van der Waals surface area contributed by atoms with Crippen LogP contribution in [-0.2, 0) is 13.5 Å². The van der Waals surface area contributed by atoms with Crippen LogP contribution in [0.25, 0.3) is 22.8 Å². The van der Waals surface area contributed by atoms with Crippen LogP contribution in [0.5, 0.6) is 5.75 Å². The van der Waals surface area contributed by atoms with Crippen LogP contribution in [0.4, 0.5) is 0 Å². The molecule has 0 amide bonds. The van der Waals surface area contributed by atoms with Crippen molar-refractivity contribution in [2.75, 3.05) is 6.54 Å². The summed E-state index contributed by atoms with van der Waals surface area (Å²) in [6.45, 7) is 2.59. The van der Waals surface area contributed by atoms with Crippen LogP contribution >= 0.6 is 0 Å². The predicted octanol–water partition coefficient (Wildman–Crippen LogP) is 2.11. The standard InChI is InChI=1S/C18H19N5O/c1-11-7-12-9-13(10-19)24-17(12)14(8-11)15-3-4-16(22-21-15)18-20-5-6-23(18)2/h3-8,13H,9-10,19H2,1-2H3/t13-/m0/s1. The number of aromatic nitrogens is 4. The van der Waals surface area contributed by atoms with E-state index < -0.39 is 0 Å². The lowest BCUT2D eigenvalue weighted by Gasteiger charge is -2.11. The van der Waals surface area contributed by atoms with Gasteiger partial charge >= 0.3 is 0 Å². The number of aryl methyl sites for hydroxylation is 2. The Morgan fingerprint density at radius 3 is 2.71 bits per heavy atom. The van der Waals surface area contributed by atoms with Gasteiger partial charge < -0.3 is 15.0 Å². The lowest BCUT2D eigenvalue weighted by atomic mass is 10.0. The van der Waals surface area contributed by atoms with Gasteiger partial charge in [0.1, 0.15) is 17.5 Å². The van der Waals surface area contributed by atoms with Crippen LogP contribution in [0.1, 0.15) is 11.1 Å². The molecule has 0 aliphatic carbocycles. The zero-order chi connectivity index (χ0) is 16.7. The molecule has 6 heteroatoms. The quantitative estimate of drug-likeness (QED) is 0.799. The van der Waals surface area contributed by atoms with E-state index in [1.165, 1.54) is 11.1 Å². The van der Waals surface area contributed by atoms with Crippen molar-refractivity contribution >= 4 is 0 Å². The van der Waals surface area contributed by atoms with Crippen molar-refractivity contribution in [3.8, 4) is 28.5 Å². The summed E-state index contributed by atoms with van der Waals surface area (Å²) in [5.74, 6) is 1.68. The van der Waals surface area contributed by atoms with E-state index in [1.54, 1.807) is 6.20 Å². The lowest BCUT2D eigenvalue weighted by Crippen LogP contribution is -2.24. The molecule has 0 saturated carbocycles. The highest BCUT2D eigenvalue weighted by Crippen LogP contribution is 2.39. The molecule has 24 heavy (non-hydrogen) atoms. The van der Waals surface area contributed by atoms with Crippen LogP contribution in [0.2, 0.25) is 0 Å². The molecule has 0 unspecified atom stereocenters. The molecule has 2 N–H and O–H groups in total. The second kappa shape index (κ2) is 5.72. The number of nitrogens with zero attached hydrogens (tertiary/aromatic N) is 4. The number of imidazole rings is 1. The van der Waals surface area contributed by atoms with Gasteiger partial charge in [-0.1, -0.05) is 6.07 Å². The summed E-state index contributed by atoms with van der Waals surface area (Å²) in [5.41, 5.74) is 10.7. The Labute approximate surface area is 140 Å². The number of nitrogens with two attached hydrogens (primary N) is 1. The highest BCUT2D eigenvalue weighted by atomic mass is 16.5. The number of hydrogen-bond donors (Lipinski definition) is 1. The molecule has 1 aromatic carbocycles. The first-order valence-corrected chi connectivity index (χ1v) is 7.97. The Bertz CT molecular complexity index is 885. The van der Waals surface area contributed by atoms with Crippen molar-refractivity contribution < 1.29 is 4.74 Å². The van der Waals surface area contributed by atoms with E-state index in [0.29, 0.717) is 6.54 Å². The third-order valence-corrected chi connectivity index (χ3v) is 4.30. The minimum absolute atomic E-state index is 0.0420. The molecule has 0 spiro atoms. The minimum atomic E-state index is 0.0420. The Morgan fingerprint density at radius 2 is 2.04 bits per heavy atom. The van der Waals surface area contributed by atoms with Crippen molar-refractivity contribution in [2.24, 2.45) is 12.8 Å². The Balaban J connectivity index is 1.74. The zero-order valence-corrected chi connectivity index (χ0v) is 13.7. The molecule has 1 aliphatic rings. The lowest BCUT2D eigenvalue weighted by molar-refractivity contribution is 0.242. The Hall–Kier alpha value is -2.73. The first-order valence-electron chi connectivity index (χ1n) is 7.97. The third-order valence-electron chi connectivity index (χ3n) is 4.30. The van der Waals surface area contributed by atoms with Crippen LogP contribution < -0.4 is 10.5 Å². The van der Waals surface area contributed by atoms with Crippen LogP contribution in [-0.4, -0.2) is 32.4 Å². The first kappa shape index (κ1) is 14.8. The van der Waals surface area contributed by atoms with E-state index in [9.17, 15) is 0 Å². The Morgan fingerprint density at radius 1 is 1.25 bits per heavy atom. The summed E-state index contributed by atoms with van der Waals surface area (Å²) in [6, 6.07) is 8.15. The van der Waals surface area contributed by atoms with Crippen molar-refractivity contribution in [3.63, 3.8) is 0 Å². The predicted molar refractivity (Wildman–Crippen MR) is 91.6 cm³/mol. The summed E-state index contributed by atoms with van der Waals surface area (Å²) < 4.78 is 7.93. The summed E-state index contributed by atoms with van der Waals surface area (Å²) in [6.07, 6.45) is 4.53. The van der Waals surface area contributed by atoms with Gasteiger partial charge in [0.15, 0.2) is 5.82 Å². The molecule has 1 atom stereocenters.